The van der Waals surface area contributed by atoms with E-state index in [1.807, 2.05) is 6.07 Å². The maximum atomic E-state index is 10.2. The van der Waals surface area contributed by atoms with E-state index >= 15 is 0 Å². The SMILES string of the molecule is CN(C)C[C@@H]1CCN(Cc2ccccc2)C[C@@H]1O. The molecule has 18 heavy (non-hydrogen) atoms. The van der Waals surface area contributed by atoms with Gasteiger partial charge in [0.2, 0.25) is 0 Å². The summed E-state index contributed by atoms with van der Waals surface area (Å²) in [6.45, 7) is 3.82. The first-order valence-corrected chi connectivity index (χ1v) is 6.74. The van der Waals surface area contributed by atoms with E-state index in [1.54, 1.807) is 0 Å². The van der Waals surface area contributed by atoms with Crippen molar-refractivity contribution in [2.45, 2.75) is 19.1 Å². The number of benzene rings is 1. The summed E-state index contributed by atoms with van der Waals surface area (Å²) in [4.78, 5) is 4.52. The summed E-state index contributed by atoms with van der Waals surface area (Å²) >= 11 is 0. The van der Waals surface area contributed by atoms with Gasteiger partial charge in [0.15, 0.2) is 0 Å². The average Bonchev–Trinajstić information content (AvgIpc) is 2.33. The summed E-state index contributed by atoms with van der Waals surface area (Å²) < 4.78 is 0. The van der Waals surface area contributed by atoms with Gasteiger partial charge in [-0.1, -0.05) is 30.3 Å². The Morgan fingerprint density at radius 1 is 1.28 bits per heavy atom. The van der Waals surface area contributed by atoms with Crippen LogP contribution in [-0.4, -0.2) is 54.7 Å². The van der Waals surface area contributed by atoms with Gasteiger partial charge in [-0.3, -0.25) is 4.90 Å². The van der Waals surface area contributed by atoms with Gasteiger partial charge in [-0.2, -0.15) is 0 Å². The molecule has 1 aromatic rings. The quantitative estimate of drug-likeness (QED) is 0.873. The fourth-order valence-corrected chi connectivity index (χ4v) is 2.71. The van der Waals surface area contributed by atoms with Crippen LogP contribution in [0.4, 0.5) is 0 Å². The van der Waals surface area contributed by atoms with Crippen molar-refractivity contribution in [2.24, 2.45) is 5.92 Å². The molecule has 0 spiro atoms. The normalized spacial score (nSPS) is 25.6. The van der Waals surface area contributed by atoms with Crippen LogP contribution in [0, 0.1) is 5.92 Å². The molecule has 0 bridgehead atoms. The Bertz CT molecular complexity index is 353. The molecular weight excluding hydrogens is 224 g/mol. The standard InChI is InChI=1S/C15H24N2O/c1-16(2)11-14-8-9-17(12-15(14)18)10-13-6-4-3-5-7-13/h3-7,14-15,18H,8-12H2,1-2H3/t14-,15-/m0/s1. The van der Waals surface area contributed by atoms with Crippen molar-refractivity contribution in [1.82, 2.24) is 9.80 Å². The van der Waals surface area contributed by atoms with E-state index in [0.717, 1.165) is 32.6 Å². The molecule has 1 aliphatic heterocycles. The molecule has 0 aromatic heterocycles. The molecule has 0 radical (unpaired) electrons. The van der Waals surface area contributed by atoms with Crippen molar-refractivity contribution in [2.75, 3.05) is 33.7 Å². The molecule has 0 amide bonds. The highest BCUT2D eigenvalue weighted by molar-refractivity contribution is 5.14. The van der Waals surface area contributed by atoms with Crippen molar-refractivity contribution in [3.63, 3.8) is 0 Å². The Balaban J connectivity index is 1.85. The molecule has 1 heterocycles. The first kappa shape index (κ1) is 13.5. The smallest absolute Gasteiger partial charge is 0.0708 e. The number of hydrogen-bond donors (Lipinski definition) is 1. The second-order valence-corrected chi connectivity index (χ2v) is 5.60. The van der Waals surface area contributed by atoms with Gasteiger partial charge in [-0.15, -0.1) is 0 Å². The third kappa shape index (κ3) is 3.80. The lowest BCUT2D eigenvalue weighted by molar-refractivity contribution is 0.00915. The van der Waals surface area contributed by atoms with Crippen molar-refractivity contribution in [3.05, 3.63) is 35.9 Å². The summed E-state index contributed by atoms with van der Waals surface area (Å²) in [7, 11) is 4.14. The molecule has 0 saturated carbocycles. The zero-order valence-corrected chi connectivity index (χ0v) is 11.4. The van der Waals surface area contributed by atoms with E-state index in [2.05, 4.69) is 48.2 Å². The molecule has 3 nitrogen and oxygen atoms in total. The van der Waals surface area contributed by atoms with E-state index < -0.39 is 0 Å². The van der Waals surface area contributed by atoms with Crippen LogP contribution in [-0.2, 0) is 6.54 Å². The lowest BCUT2D eigenvalue weighted by Crippen LogP contribution is -2.46. The van der Waals surface area contributed by atoms with E-state index in [4.69, 9.17) is 0 Å². The van der Waals surface area contributed by atoms with E-state index in [9.17, 15) is 5.11 Å². The maximum Gasteiger partial charge on any atom is 0.0708 e. The fourth-order valence-electron chi connectivity index (χ4n) is 2.71. The zero-order chi connectivity index (χ0) is 13.0. The van der Waals surface area contributed by atoms with Gasteiger partial charge in [-0.05, 0) is 38.5 Å². The van der Waals surface area contributed by atoms with E-state index in [0.29, 0.717) is 5.92 Å². The number of rotatable bonds is 4. The van der Waals surface area contributed by atoms with Gasteiger partial charge < -0.3 is 10.0 Å². The lowest BCUT2D eigenvalue weighted by Gasteiger charge is -2.37. The Kier molecular flexibility index (Phi) is 4.75. The number of aliphatic hydroxyl groups excluding tert-OH is 1. The Labute approximate surface area is 110 Å². The van der Waals surface area contributed by atoms with Crippen LogP contribution >= 0.6 is 0 Å². The molecule has 100 valence electrons. The Hall–Kier alpha value is -0.900. The van der Waals surface area contributed by atoms with Gasteiger partial charge >= 0.3 is 0 Å². The molecule has 1 fully saturated rings. The highest BCUT2D eigenvalue weighted by Gasteiger charge is 2.27. The molecule has 1 N–H and O–H groups in total. The highest BCUT2D eigenvalue weighted by Crippen LogP contribution is 2.20. The number of likely N-dealkylation sites (tertiary alicyclic amines) is 1. The largest absolute Gasteiger partial charge is 0.391 e. The summed E-state index contributed by atoms with van der Waals surface area (Å²) in [6, 6.07) is 10.5. The van der Waals surface area contributed by atoms with Crippen molar-refractivity contribution < 1.29 is 5.11 Å². The summed E-state index contributed by atoms with van der Waals surface area (Å²) in [5.74, 6) is 0.423. The molecule has 1 saturated heterocycles. The molecule has 1 aliphatic rings. The number of nitrogens with zero attached hydrogens (tertiary/aromatic N) is 2. The first-order valence-electron chi connectivity index (χ1n) is 6.74. The van der Waals surface area contributed by atoms with Gasteiger partial charge in [0.05, 0.1) is 6.10 Å². The number of piperidine rings is 1. The molecule has 0 unspecified atom stereocenters. The van der Waals surface area contributed by atoms with Crippen molar-refractivity contribution >= 4 is 0 Å². The minimum atomic E-state index is -0.190. The van der Waals surface area contributed by atoms with Crippen LogP contribution in [0.15, 0.2) is 30.3 Å². The summed E-state index contributed by atoms with van der Waals surface area (Å²) in [5, 5.41) is 10.2. The van der Waals surface area contributed by atoms with Gasteiger partial charge in [0.1, 0.15) is 0 Å². The molecule has 1 aromatic carbocycles. The molecule has 2 atom stereocenters. The van der Waals surface area contributed by atoms with Crippen LogP contribution < -0.4 is 0 Å². The first-order chi connectivity index (χ1) is 8.65. The monoisotopic (exact) mass is 248 g/mol. The summed E-state index contributed by atoms with van der Waals surface area (Å²) in [6.07, 6.45) is 0.900. The molecular formula is C15H24N2O. The minimum absolute atomic E-state index is 0.190. The topological polar surface area (TPSA) is 26.7 Å². The van der Waals surface area contributed by atoms with Crippen LogP contribution in [0.2, 0.25) is 0 Å². The summed E-state index contributed by atoms with van der Waals surface area (Å²) in [5.41, 5.74) is 1.33. The highest BCUT2D eigenvalue weighted by atomic mass is 16.3. The molecule has 0 aliphatic carbocycles. The van der Waals surface area contributed by atoms with Gasteiger partial charge in [-0.25, -0.2) is 0 Å². The third-order valence-corrected chi connectivity index (χ3v) is 3.65. The third-order valence-electron chi connectivity index (χ3n) is 3.65. The molecule has 2 rings (SSSR count). The Morgan fingerprint density at radius 3 is 2.61 bits per heavy atom. The predicted molar refractivity (Wildman–Crippen MR) is 74.4 cm³/mol. The second kappa shape index (κ2) is 6.32. The van der Waals surface area contributed by atoms with Crippen LogP contribution in [0.3, 0.4) is 0 Å². The Morgan fingerprint density at radius 2 is 2.00 bits per heavy atom. The lowest BCUT2D eigenvalue weighted by atomic mass is 9.93. The van der Waals surface area contributed by atoms with Crippen LogP contribution in [0.5, 0.6) is 0 Å². The van der Waals surface area contributed by atoms with Crippen molar-refractivity contribution in [1.29, 1.82) is 0 Å². The van der Waals surface area contributed by atoms with Crippen LogP contribution in [0.25, 0.3) is 0 Å². The number of β-amino-alcohol motifs (C(OH)–C–C–N with tert-alkyl or cyclic N) is 1. The predicted octanol–water partition coefficient (Wildman–Crippen LogP) is 1.43. The van der Waals surface area contributed by atoms with E-state index in [-0.39, 0.29) is 6.10 Å². The van der Waals surface area contributed by atoms with Crippen LogP contribution in [0.1, 0.15) is 12.0 Å². The second-order valence-electron chi connectivity index (χ2n) is 5.60. The zero-order valence-electron chi connectivity index (χ0n) is 11.4. The van der Waals surface area contributed by atoms with Gasteiger partial charge in [0, 0.05) is 19.6 Å². The van der Waals surface area contributed by atoms with Crippen molar-refractivity contribution in [3.8, 4) is 0 Å². The molecule has 3 heteroatoms. The fraction of sp³-hybridized carbons (Fsp3) is 0.600. The van der Waals surface area contributed by atoms with E-state index in [1.165, 1.54) is 5.56 Å². The van der Waals surface area contributed by atoms with Gasteiger partial charge in [0.25, 0.3) is 0 Å². The number of hydrogen-bond acceptors (Lipinski definition) is 3. The average molecular weight is 248 g/mol. The number of aliphatic hydroxyl groups is 1. The maximum absolute atomic E-state index is 10.2. The minimum Gasteiger partial charge on any atom is -0.391 e.